The Labute approximate surface area is 61.1 Å². The topological polar surface area (TPSA) is 18.5 Å². The van der Waals surface area contributed by atoms with Gasteiger partial charge in [-0.15, -0.1) is 0 Å². The van der Waals surface area contributed by atoms with E-state index in [4.69, 9.17) is 9.47 Å². The van der Waals surface area contributed by atoms with Crippen molar-refractivity contribution >= 4 is 0 Å². The molecule has 0 aliphatic carbocycles. The lowest BCUT2D eigenvalue weighted by atomic mass is 10.4. The Balaban J connectivity index is 2.31. The summed E-state index contributed by atoms with van der Waals surface area (Å²) in [4.78, 5) is 0. The van der Waals surface area contributed by atoms with E-state index in [0.29, 0.717) is 13.4 Å². The van der Waals surface area contributed by atoms with Crippen LogP contribution in [0.5, 0.6) is 0 Å². The summed E-state index contributed by atoms with van der Waals surface area (Å²) >= 11 is 0. The lowest BCUT2D eigenvalue weighted by Crippen LogP contribution is -1.79. The maximum atomic E-state index is 5.09. The summed E-state index contributed by atoms with van der Waals surface area (Å²) in [6.07, 6.45) is 7.07. The molecule has 2 heteroatoms. The van der Waals surface area contributed by atoms with Crippen LogP contribution in [-0.4, -0.2) is 13.4 Å². The van der Waals surface area contributed by atoms with Gasteiger partial charge in [-0.05, 0) is 12.5 Å². The molecule has 0 N–H and O–H groups in total. The normalized spacial score (nSPS) is 22.3. The molecule has 0 spiro atoms. The fraction of sp³-hybridized carbons (Fsp3) is 0.500. The second-order valence-electron chi connectivity index (χ2n) is 2.08. The van der Waals surface area contributed by atoms with Gasteiger partial charge >= 0.3 is 0 Å². The Morgan fingerprint density at radius 3 is 3.10 bits per heavy atom. The molecule has 1 heterocycles. The molecule has 2 nitrogen and oxygen atoms in total. The maximum Gasteiger partial charge on any atom is 0.189 e. The van der Waals surface area contributed by atoms with Crippen LogP contribution >= 0.6 is 0 Å². The molecular formula is C8H12O2. The van der Waals surface area contributed by atoms with Gasteiger partial charge in [-0.1, -0.05) is 19.1 Å². The summed E-state index contributed by atoms with van der Waals surface area (Å²) in [5, 5.41) is 0. The Bertz CT molecular complexity index is 139. The zero-order chi connectivity index (χ0) is 7.23. The van der Waals surface area contributed by atoms with Gasteiger partial charge < -0.3 is 9.47 Å². The van der Waals surface area contributed by atoms with Crippen LogP contribution in [0.2, 0.25) is 0 Å². The molecule has 0 unspecified atom stereocenters. The minimum Gasteiger partial charge on any atom is -0.469 e. The van der Waals surface area contributed by atoms with Gasteiger partial charge in [0.15, 0.2) is 6.79 Å². The van der Waals surface area contributed by atoms with Gasteiger partial charge in [0.1, 0.15) is 12.4 Å². The summed E-state index contributed by atoms with van der Waals surface area (Å²) < 4.78 is 10.1. The third-order valence-corrected chi connectivity index (χ3v) is 1.23. The van der Waals surface area contributed by atoms with E-state index in [9.17, 15) is 0 Å². The molecule has 0 atom stereocenters. The van der Waals surface area contributed by atoms with Gasteiger partial charge in [-0.2, -0.15) is 0 Å². The van der Waals surface area contributed by atoms with Crippen molar-refractivity contribution in [2.24, 2.45) is 0 Å². The number of rotatable bonds is 2. The summed E-state index contributed by atoms with van der Waals surface area (Å²) in [6, 6.07) is 0. The van der Waals surface area contributed by atoms with E-state index in [1.54, 1.807) is 0 Å². The van der Waals surface area contributed by atoms with Crippen LogP contribution in [0.4, 0.5) is 0 Å². The van der Waals surface area contributed by atoms with Gasteiger partial charge in [-0.25, -0.2) is 0 Å². The van der Waals surface area contributed by atoms with Crippen molar-refractivity contribution in [2.45, 2.75) is 13.3 Å². The molecule has 0 radical (unpaired) electrons. The fourth-order valence-corrected chi connectivity index (χ4v) is 0.709. The van der Waals surface area contributed by atoms with Gasteiger partial charge in [0.2, 0.25) is 0 Å². The molecule has 1 aliphatic heterocycles. The Kier molecular flexibility index (Phi) is 3.03. The largest absolute Gasteiger partial charge is 0.469 e. The summed E-state index contributed by atoms with van der Waals surface area (Å²) in [5.74, 6) is 0.921. The second-order valence-corrected chi connectivity index (χ2v) is 2.08. The molecule has 0 amide bonds. The van der Waals surface area contributed by atoms with Crippen LogP contribution in [0.15, 0.2) is 24.0 Å². The highest BCUT2D eigenvalue weighted by Gasteiger charge is 2.04. The molecule has 1 rings (SSSR count). The average molecular weight is 140 g/mol. The molecule has 0 aromatic rings. The van der Waals surface area contributed by atoms with E-state index in [1.807, 2.05) is 12.2 Å². The Morgan fingerprint density at radius 1 is 1.60 bits per heavy atom. The molecule has 0 aromatic heterocycles. The first-order valence-corrected chi connectivity index (χ1v) is 3.49. The predicted molar refractivity (Wildman–Crippen MR) is 39.4 cm³/mol. The fourth-order valence-electron chi connectivity index (χ4n) is 0.709. The first-order chi connectivity index (χ1) is 4.93. The van der Waals surface area contributed by atoms with Crippen molar-refractivity contribution in [1.29, 1.82) is 0 Å². The van der Waals surface area contributed by atoms with E-state index in [0.717, 1.165) is 12.2 Å². The minimum atomic E-state index is 0.409. The van der Waals surface area contributed by atoms with Crippen molar-refractivity contribution in [3.8, 4) is 0 Å². The van der Waals surface area contributed by atoms with Gasteiger partial charge in [0, 0.05) is 0 Å². The Hall–Kier alpha value is -0.760. The number of ether oxygens (including phenoxy) is 2. The van der Waals surface area contributed by atoms with Crippen molar-refractivity contribution in [2.75, 3.05) is 13.4 Å². The molecular weight excluding hydrogens is 128 g/mol. The molecule has 1 saturated heterocycles. The van der Waals surface area contributed by atoms with Crippen molar-refractivity contribution in [3.63, 3.8) is 0 Å². The van der Waals surface area contributed by atoms with Gasteiger partial charge in [0.25, 0.3) is 0 Å². The first kappa shape index (κ1) is 7.35. The molecule has 1 fully saturated rings. The Morgan fingerprint density at radius 2 is 2.50 bits per heavy atom. The summed E-state index contributed by atoms with van der Waals surface area (Å²) in [6.45, 7) is 3.13. The SMILES string of the molecule is CC/C=C\C=C1/COCO1. The van der Waals surface area contributed by atoms with Gasteiger partial charge in [0.05, 0.1) is 0 Å². The predicted octanol–water partition coefficient (Wildman–Crippen LogP) is 1.84. The smallest absolute Gasteiger partial charge is 0.189 e. The van der Waals surface area contributed by atoms with E-state index in [2.05, 4.69) is 13.0 Å². The third kappa shape index (κ3) is 2.23. The standard InChI is InChI=1S/C8H12O2/c1-2-3-4-5-8-6-9-7-10-8/h3-5H,2,6-7H2,1H3/b4-3-,8-5+. The second kappa shape index (κ2) is 4.12. The highest BCUT2D eigenvalue weighted by molar-refractivity contribution is 5.08. The average Bonchev–Trinajstić information content (AvgIpc) is 2.41. The van der Waals surface area contributed by atoms with Gasteiger partial charge in [-0.3, -0.25) is 0 Å². The number of allylic oxidation sites excluding steroid dienone is 3. The number of hydrogen-bond acceptors (Lipinski definition) is 2. The summed E-state index contributed by atoms with van der Waals surface area (Å²) in [5.41, 5.74) is 0. The van der Waals surface area contributed by atoms with Crippen molar-refractivity contribution < 1.29 is 9.47 Å². The summed E-state index contributed by atoms with van der Waals surface area (Å²) in [7, 11) is 0. The lowest BCUT2D eigenvalue weighted by Gasteiger charge is -1.89. The van der Waals surface area contributed by atoms with Crippen LogP contribution in [0, 0.1) is 0 Å². The highest BCUT2D eigenvalue weighted by Crippen LogP contribution is 2.06. The quantitative estimate of drug-likeness (QED) is 0.582. The third-order valence-electron chi connectivity index (χ3n) is 1.23. The van der Waals surface area contributed by atoms with Crippen molar-refractivity contribution in [1.82, 2.24) is 0 Å². The highest BCUT2D eigenvalue weighted by atomic mass is 16.7. The van der Waals surface area contributed by atoms with E-state index < -0.39 is 0 Å². The van der Waals surface area contributed by atoms with Crippen molar-refractivity contribution in [3.05, 3.63) is 24.0 Å². The van der Waals surface area contributed by atoms with E-state index in [-0.39, 0.29) is 0 Å². The lowest BCUT2D eigenvalue weighted by molar-refractivity contribution is 0.0800. The zero-order valence-electron chi connectivity index (χ0n) is 6.17. The first-order valence-electron chi connectivity index (χ1n) is 3.49. The van der Waals surface area contributed by atoms with Crippen LogP contribution < -0.4 is 0 Å². The molecule has 56 valence electrons. The van der Waals surface area contributed by atoms with Crippen LogP contribution in [-0.2, 0) is 9.47 Å². The molecule has 1 aliphatic rings. The molecule has 10 heavy (non-hydrogen) atoms. The van der Waals surface area contributed by atoms with Crippen LogP contribution in [0.3, 0.4) is 0 Å². The minimum absolute atomic E-state index is 0.409. The zero-order valence-corrected chi connectivity index (χ0v) is 6.17. The molecule has 0 aromatic carbocycles. The van der Waals surface area contributed by atoms with E-state index in [1.165, 1.54) is 0 Å². The number of hydrogen-bond donors (Lipinski definition) is 0. The molecule has 0 bridgehead atoms. The van der Waals surface area contributed by atoms with Crippen LogP contribution in [0.1, 0.15) is 13.3 Å². The monoisotopic (exact) mass is 140 g/mol. The van der Waals surface area contributed by atoms with Crippen LogP contribution in [0.25, 0.3) is 0 Å². The molecule has 0 saturated carbocycles. The maximum absolute atomic E-state index is 5.09. The van der Waals surface area contributed by atoms with E-state index >= 15 is 0 Å².